The first-order chi connectivity index (χ1) is 11.9. The summed E-state index contributed by atoms with van der Waals surface area (Å²) in [6.45, 7) is 6.41. The van der Waals surface area contributed by atoms with Crippen LogP contribution >= 0.6 is 15.9 Å². The van der Waals surface area contributed by atoms with Gasteiger partial charge in [-0.3, -0.25) is 0 Å². The van der Waals surface area contributed by atoms with Gasteiger partial charge in [0.05, 0.1) is 12.8 Å². The van der Waals surface area contributed by atoms with Gasteiger partial charge in [-0.1, -0.05) is 34.1 Å². The Morgan fingerprint density at radius 3 is 2.60 bits per heavy atom. The number of methoxy groups -OCH3 is 1. The number of nitrogens with one attached hydrogen (secondary N) is 1. The van der Waals surface area contributed by atoms with E-state index in [1.165, 1.54) is 0 Å². The number of rotatable bonds is 4. The van der Waals surface area contributed by atoms with Crippen molar-refractivity contribution in [1.29, 1.82) is 0 Å². The molecule has 0 fully saturated rings. The number of halogens is 1. The van der Waals surface area contributed by atoms with Crippen molar-refractivity contribution in [3.8, 4) is 5.75 Å². The van der Waals surface area contributed by atoms with Gasteiger partial charge in [-0.05, 0) is 62.7 Å². The fourth-order valence-corrected chi connectivity index (χ4v) is 2.99. The lowest BCUT2D eigenvalue weighted by Gasteiger charge is -2.21. The zero-order valence-corrected chi connectivity index (χ0v) is 16.5. The molecule has 0 saturated heterocycles. The van der Waals surface area contributed by atoms with Gasteiger partial charge in [0.1, 0.15) is 11.3 Å². The molecule has 3 rings (SSSR count). The maximum absolute atomic E-state index is 6.08. The second-order valence-corrected chi connectivity index (χ2v) is 7.88. The third kappa shape index (κ3) is 4.26. The molecule has 2 aromatic carbocycles. The Balaban J connectivity index is 2.05. The average Bonchev–Trinajstić information content (AvgIpc) is 2.88. The summed E-state index contributed by atoms with van der Waals surface area (Å²) in [6.07, 6.45) is 4.03. The van der Waals surface area contributed by atoms with Gasteiger partial charge in [-0.25, -0.2) is 0 Å². The largest absolute Gasteiger partial charge is 0.497 e. The third-order valence-corrected chi connectivity index (χ3v) is 4.19. The molecule has 4 heteroatoms. The SMILES string of the molecule is COc1cccc(/C=C/c2oc3ccc(Br)cc3c2NC(C)(C)C)c1. The van der Waals surface area contributed by atoms with Crippen molar-refractivity contribution in [3.05, 3.63) is 58.3 Å². The van der Waals surface area contributed by atoms with Crippen LogP contribution in [0.2, 0.25) is 0 Å². The zero-order chi connectivity index (χ0) is 18.0. The van der Waals surface area contributed by atoms with E-state index in [9.17, 15) is 0 Å². The molecule has 3 aromatic rings. The molecular weight excluding hydrogens is 378 g/mol. The number of anilines is 1. The second kappa shape index (κ2) is 6.96. The predicted octanol–water partition coefficient (Wildman–Crippen LogP) is 6.58. The molecule has 1 heterocycles. The molecule has 0 aliphatic heterocycles. The van der Waals surface area contributed by atoms with Crippen LogP contribution in [0.25, 0.3) is 23.1 Å². The summed E-state index contributed by atoms with van der Waals surface area (Å²) in [7, 11) is 1.67. The van der Waals surface area contributed by atoms with Crippen molar-refractivity contribution in [1.82, 2.24) is 0 Å². The number of hydrogen-bond acceptors (Lipinski definition) is 3. The minimum absolute atomic E-state index is 0.0717. The van der Waals surface area contributed by atoms with Crippen molar-refractivity contribution in [2.24, 2.45) is 0 Å². The molecule has 0 bridgehead atoms. The summed E-state index contributed by atoms with van der Waals surface area (Å²) in [5.74, 6) is 1.65. The quantitative estimate of drug-likeness (QED) is 0.537. The first-order valence-electron chi connectivity index (χ1n) is 8.18. The van der Waals surface area contributed by atoms with Gasteiger partial charge in [0, 0.05) is 15.4 Å². The minimum atomic E-state index is -0.0717. The first kappa shape index (κ1) is 17.6. The van der Waals surface area contributed by atoms with Gasteiger partial charge < -0.3 is 14.5 Å². The van der Waals surface area contributed by atoms with Crippen molar-refractivity contribution >= 4 is 44.7 Å². The topological polar surface area (TPSA) is 34.4 Å². The van der Waals surface area contributed by atoms with Crippen molar-refractivity contribution < 1.29 is 9.15 Å². The highest BCUT2D eigenvalue weighted by Crippen LogP contribution is 2.35. The van der Waals surface area contributed by atoms with E-state index in [1.807, 2.05) is 48.6 Å². The molecule has 0 radical (unpaired) electrons. The van der Waals surface area contributed by atoms with E-state index >= 15 is 0 Å². The smallest absolute Gasteiger partial charge is 0.151 e. The van der Waals surface area contributed by atoms with Gasteiger partial charge in [0.15, 0.2) is 5.76 Å². The Labute approximate surface area is 156 Å². The molecule has 3 nitrogen and oxygen atoms in total. The van der Waals surface area contributed by atoms with Crippen molar-refractivity contribution in [2.75, 3.05) is 12.4 Å². The van der Waals surface area contributed by atoms with Crippen molar-refractivity contribution in [3.63, 3.8) is 0 Å². The van der Waals surface area contributed by atoms with Crippen LogP contribution in [0.5, 0.6) is 5.75 Å². The zero-order valence-electron chi connectivity index (χ0n) is 14.9. The molecule has 25 heavy (non-hydrogen) atoms. The summed E-state index contributed by atoms with van der Waals surface area (Å²) in [6, 6.07) is 14.0. The van der Waals surface area contributed by atoms with Crippen LogP contribution in [-0.4, -0.2) is 12.6 Å². The van der Waals surface area contributed by atoms with Gasteiger partial charge in [0.2, 0.25) is 0 Å². The van der Waals surface area contributed by atoms with E-state index in [0.717, 1.165) is 38.2 Å². The van der Waals surface area contributed by atoms with E-state index in [4.69, 9.17) is 9.15 Å². The summed E-state index contributed by atoms with van der Waals surface area (Å²) in [4.78, 5) is 0. The molecule has 0 atom stereocenters. The second-order valence-electron chi connectivity index (χ2n) is 6.97. The summed E-state index contributed by atoms with van der Waals surface area (Å²) < 4.78 is 12.4. The lowest BCUT2D eigenvalue weighted by molar-refractivity contribution is 0.414. The Morgan fingerprint density at radius 1 is 1.08 bits per heavy atom. The Morgan fingerprint density at radius 2 is 1.88 bits per heavy atom. The predicted molar refractivity (Wildman–Crippen MR) is 109 cm³/mol. The number of ether oxygens (including phenoxy) is 1. The highest BCUT2D eigenvalue weighted by molar-refractivity contribution is 9.10. The lowest BCUT2D eigenvalue weighted by atomic mass is 10.1. The number of fused-ring (bicyclic) bond motifs is 1. The Hall–Kier alpha value is -2.20. The normalized spacial score (nSPS) is 12.0. The lowest BCUT2D eigenvalue weighted by Crippen LogP contribution is -2.26. The van der Waals surface area contributed by atoms with Gasteiger partial charge >= 0.3 is 0 Å². The first-order valence-corrected chi connectivity index (χ1v) is 8.97. The van der Waals surface area contributed by atoms with Crippen LogP contribution in [-0.2, 0) is 0 Å². The van der Waals surface area contributed by atoms with Gasteiger partial charge in [-0.2, -0.15) is 0 Å². The third-order valence-electron chi connectivity index (χ3n) is 3.70. The molecule has 1 aromatic heterocycles. The van der Waals surface area contributed by atoms with Crippen LogP contribution in [0.15, 0.2) is 51.4 Å². The van der Waals surface area contributed by atoms with Crippen LogP contribution < -0.4 is 10.1 Å². The Kier molecular flexibility index (Phi) is 4.91. The molecule has 0 aliphatic carbocycles. The number of hydrogen-bond donors (Lipinski definition) is 1. The monoisotopic (exact) mass is 399 g/mol. The average molecular weight is 400 g/mol. The molecule has 0 spiro atoms. The van der Waals surface area contributed by atoms with Gasteiger partial charge in [-0.15, -0.1) is 0 Å². The maximum Gasteiger partial charge on any atom is 0.151 e. The molecule has 0 saturated carbocycles. The summed E-state index contributed by atoms with van der Waals surface area (Å²) in [5, 5.41) is 4.63. The summed E-state index contributed by atoms with van der Waals surface area (Å²) in [5.41, 5.74) is 2.85. The van der Waals surface area contributed by atoms with E-state index in [0.29, 0.717) is 0 Å². The van der Waals surface area contributed by atoms with Crippen LogP contribution in [0.4, 0.5) is 5.69 Å². The number of benzene rings is 2. The maximum atomic E-state index is 6.08. The van der Waals surface area contributed by atoms with Crippen LogP contribution in [0, 0.1) is 0 Å². The standard InChI is InChI=1S/C21H22BrNO2/c1-21(2,3)23-20-17-13-15(22)9-11-18(17)25-19(20)10-8-14-6-5-7-16(12-14)24-4/h5-13,23H,1-4H3/b10-8+. The van der Waals surface area contributed by atoms with E-state index in [-0.39, 0.29) is 5.54 Å². The molecular formula is C21H22BrNO2. The van der Waals surface area contributed by atoms with Crippen LogP contribution in [0.3, 0.4) is 0 Å². The van der Waals surface area contributed by atoms with E-state index in [2.05, 4.69) is 48.1 Å². The molecule has 1 N–H and O–H groups in total. The fraction of sp³-hybridized carbons (Fsp3) is 0.238. The highest BCUT2D eigenvalue weighted by atomic mass is 79.9. The Bertz CT molecular complexity index is 919. The molecule has 0 unspecified atom stereocenters. The number of furan rings is 1. The molecule has 0 aliphatic rings. The van der Waals surface area contributed by atoms with E-state index in [1.54, 1.807) is 7.11 Å². The van der Waals surface area contributed by atoms with Crippen LogP contribution in [0.1, 0.15) is 32.1 Å². The fourth-order valence-electron chi connectivity index (χ4n) is 2.63. The van der Waals surface area contributed by atoms with Gasteiger partial charge in [0.25, 0.3) is 0 Å². The highest BCUT2D eigenvalue weighted by Gasteiger charge is 2.18. The van der Waals surface area contributed by atoms with E-state index < -0.39 is 0 Å². The molecule has 0 amide bonds. The summed E-state index contributed by atoms with van der Waals surface area (Å²) >= 11 is 3.55. The minimum Gasteiger partial charge on any atom is -0.497 e. The molecule has 130 valence electrons. The van der Waals surface area contributed by atoms with Crippen molar-refractivity contribution in [2.45, 2.75) is 26.3 Å².